The van der Waals surface area contributed by atoms with E-state index in [4.69, 9.17) is 11.6 Å². The topological polar surface area (TPSA) is 127 Å². The summed E-state index contributed by atoms with van der Waals surface area (Å²) < 4.78 is 42.3. The van der Waals surface area contributed by atoms with Gasteiger partial charge >= 0.3 is 6.18 Å². The van der Waals surface area contributed by atoms with Gasteiger partial charge in [0.05, 0.1) is 52.4 Å². The maximum absolute atomic E-state index is 13.9. The summed E-state index contributed by atoms with van der Waals surface area (Å²) in [4.78, 5) is 21.8. The first kappa shape index (κ1) is 21.9. The van der Waals surface area contributed by atoms with E-state index in [1.54, 1.807) is 0 Å². The number of nitrogens with one attached hydrogen (secondary N) is 1. The van der Waals surface area contributed by atoms with Crippen molar-refractivity contribution in [1.29, 1.82) is 5.26 Å². The molecule has 4 heterocycles. The number of nitrogens with zero attached hydrogens (tertiary/aromatic N) is 8. The first-order valence-corrected chi connectivity index (χ1v) is 9.43. The zero-order valence-corrected chi connectivity index (χ0v) is 17.3. The van der Waals surface area contributed by atoms with Gasteiger partial charge in [0.25, 0.3) is 5.91 Å². The summed E-state index contributed by atoms with van der Waals surface area (Å²) in [6.07, 6.45) is 1.05. The van der Waals surface area contributed by atoms with Crippen LogP contribution in [0.1, 0.15) is 27.3 Å². The van der Waals surface area contributed by atoms with Crippen molar-refractivity contribution in [3.05, 3.63) is 70.7 Å². The van der Waals surface area contributed by atoms with Gasteiger partial charge in [0.2, 0.25) is 0 Å². The summed E-state index contributed by atoms with van der Waals surface area (Å²) in [5.41, 5.74) is -1.87. The molecule has 0 spiro atoms. The fourth-order valence-electron chi connectivity index (χ4n) is 2.96. The minimum atomic E-state index is -4.94. The fourth-order valence-corrected chi connectivity index (χ4v) is 3.15. The number of nitriles is 1. The summed E-state index contributed by atoms with van der Waals surface area (Å²) in [7, 11) is 0. The average Bonchev–Trinajstić information content (AvgIpc) is 3.45. The van der Waals surface area contributed by atoms with E-state index in [1.165, 1.54) is 37.6 Å². The molecule has 0 aliphatic rings. The van der Waals surface area contributed by atoms with Gasteiger partial charge in [0.15, 0.2) is 11.5 Å². The molecule has 0 saturated carbocycles. The molecule has 0 radical (unpaired) electrons. The second-order valence-electron chi connectivity index (χ2n) is 6.53. The largest absolute Gasteiger partial charge is 0.434 e. The van der Waals surface area contributed by atoms with Crippen LogP contribution in [-0.4, -0.2) is 40.6 Å². The number of carbonyl (C=O) groups excluding carboxylic acids is 1. The fraction of sp³-hybridized carbons (Fsp3) is 0.105. The van der Waals surface area contributed by atoms with Gasteiger partial charge in [-0.1, -0.05) is 11.6 Å². The van der Waals surface area contributed by atoms with Gasteiger partial charge in [-0.15, -0.1) is 4.80 Å². The highest BCUT2D eigenvalue weighted by Crippen LogP contribution is 2.35. The molecule has 4 aromatic heterocycles. The summed E-state index contributed by atoms with van der Waals surface area (Å²) in [5.74, 6) is -1.02. The number of aryl methyl sites for hydroxylation is 1. The molecule has 166 valence electrons. The molecular weight excluding hydrogens is 463 g/mol. The number of aromatic nitrogens is 7. The van der Waals surface area contributed by atoms with E-state index < -0.39 is 23.3 Å². The Labute approximate surface area is 188 Å². The number of pyridine rings is 2. The van der Waals surface area contributed by atoms with Crippen molar-refractivity contribution in [3.8, 4) is 17.6 Å². The highest BCUT2D eigenvalue weighted by Gasteiger charge is 2.41. The van der Waals surface area contributed by atoms with Crippen LogP contribution in [0.3, 0.4) is 0 Å². The van der Waals surface area contributed by atoms with E-state index in [1.807, 2.05) is 6.07 Å². The Bertz CT molecular complexity index is 1390. The van der Waals surface area contributed by atoms with Crippen LogP contribution in [0.2, 0.25) is 5.02 Å². The van der Waals surface area contributed by atoms with E-state index in [0.29, 0.717) is 10.4 Å². The maximum Gasteiger partial charge on any atom is 0.434 e. The van der Waals surface area contributed by atoms with Gasteiger partial charge in [0, 0.05) is 6.20 Å². The SMILES string of the molecule is Cc1nccc(-n2ncc(C(=O)Nc3cnc(-n4nccn4)c(C#N)c3)c2C(F)(F)F)c1Cl. The molecule has 33 heavy (non-hydrogen) atoms. The van der Waals surface area contributed by atoms with Gasteiger partial charge in [0.1, 0.15) is 11.6 Å². The third kappa shape index (κ3) is 4.11. The molecule has 0 saturated heterocycles. The molecule has 0 aliphatic carbocycles. The van der Waals surface area contributed by atoms with Gasteiger partial charge in [-0.2, -0.15) is 33.7 Å². The molecule has 0 bridgehead atoms. The van der Waals surface area contributed by atoms with Crippen LogP contribution in [0.5, 0.6) is 0 Å². The molecule has 10 nitrogen and oxygen atoms in total. The van der Waals surface area contributed by atoms with Crippen molar-refractivity contribution in [2.45, 2.75) is 13.1 Å². The van der Waals surface area contributed by atoms with Crippen LogP contribution in [0.25, 0.3) is 11.5 Å². The molecule has 1 amide bonds. The van der Waals surface area contributed by atoms with Crippen molar-refractivity contribution >= 4 is 23.2 Å². The highest BCUT2D eigenvalue weighted by atomic mass is 35.5. The predicted octanol–water partition coefficient (Wildman–Crippen LogP) is 3.35. The predicted molar refractivity (Wildman–Crippen MR) is 108 cm³/mol. The molecule has 14 heteroatoms. The number of amides is 1. The number of hydrogen-bond donors (Lipinski definition) is 1. The second-order valence-corrected chi connectivity index (χ2v) is 6.90. The Balaban J connectivity index is 1.72. The number of carbonyl (C=O) groups is 1. The smallest absolute Gasteiger partial charge is 0.320 e. The Kier molecular flexibility index (Phi) is 5.52. The third-order valence-electron chi connectivity index (χ3n) is 4.41. The summed E-state index contributed by atoms with van der Waals surface area (Å²) in [5, 5.41) is 23.1. The summed E-state index contributed by atoms with van der Waals surface area (Å²) in [6, 6.07) is 4.37. The van der Waals surface area contributed by atoms with Crippen LogP contribution in [0.4, 0.5) is 18.9 Å². The summed E-state index contributed by atoms with van der Waals surface area (Å²) >= 11 is 6.12. The zero-order valence-electron chi connectivity index (χ0n) is 16.5. The van der Waals surface area contributed by atoms with Gasteiger partial charge in [-0.3, -0.25) is 9.78 Å². The lowest BCUT2D eigenvalue weighted by atomic mass is 10.2. The molecule has 1 N–H and O–H groups in total. The van der Waals surface area contributed by atoms with Gasteiger partial charge < -0.3 is 5.32 Å². The van der Waals surface area contributed by atoms with E-state index in [0.717, 1.165) is 17.2 Å². The lowest BCUT2D eigenvalue weighted by molar-refractivity contribution is -0.143. The minimum absolute atomic E-state index is 0.00483. The molecule has 0 unspecified atom stereocenters. The quantitative estimate of drug-likeness (QED) is 0.481. The molecule has 0 atom stereocenters. The molecule has 4 aromatic rings. The van der Waals surface area contributed by atoms with E-state index >= 15 is 0 Å². The first-order chi connectivity index (χ1) is 15.7. The van der Waals surface area contributed by atoms with Crippen LogP contribution in [0.15, 0.2) is 43.1 Å². The Morgan fingerprint density at radius 2 is 1.88 bits per heavy atom. The van der Waals surface area contributed by atoms with Crippen molar-refractivity contribution in [3.63, 3.8) is 0 Å². The van der Waals surface area contributed by atoms with Crippen LogP contribution < -0.4 is 5.32 Å². The molecule has 0 fully saturated rings. The minimum Gasteiger partial charge on any atom is -0.320 e. The Morgan fingerprint density at radius 3 is 2.55 bits per heavy atom. The molecule has 0 aliphatic heterocycles. The lowest BCUT2D eigenvalue weighted by Gasteiger charge is -2.14. The van der Waals surface area contributed by atoms with Crippen LogP contribution in [0, 0.1) is 18.3 Å². The standard InChI is InChI=1S/C19H11ClF3N9O/c1-10-15(20)14(2-3-25-10)31-16(19(21,22)23)13(9-29-31)18(33)30-12-6-11(7-24)17(26-8-12)32-27-4-5-28-32/h2-6,8-9H,1H3,(H,30,33). The number of hydrogen-bond acceptors (Lipinski definition) is 7. The van der Waals surface area contributed by atoms with Crippen molar-refractivity contribution in [2.24, 2.45) is 0 Å². The van der Waals surface area contributed by atoms with Crippen LogP contribution >= 0.6 is 11.6 Å². The normalized spacial score (nSPS) is 11.3. The Morgan fingerprint density at radius 1 is 1.15 bits per heavy atom. The number of anilines is 1. The zero-order chi connectivity index (χ0) is 23.8. The maximum atomic E-state index is 13.9. The first-order valence-electron chi connectivity index (χ1n) is 9.05. The second kappa shape index (κ2) is 8.32. The van der Waals surface area contributed by atoms with Crippen LogP contribution in [-0.2, 0) is 6.18 Å². The van der Waals surface area contributed by atoms with Crippen molar-refractivity contribution in [1.82, 2.24) is 34.7 Å². The molecule has 4 rings (SSSR count). The van der Waals surface area contributed by atoms with E-state index in [-0.39, 0.29) is 27.8 Å². The Hall–Kier alpha value is -4.31. The van der Waals surface area contributed by atoms with Crippen molar-refractivity contribution in [2.75, 3.05) is 5.32 Å². The average molecular weight is 474 g/mol. The number of halogens is 4. The third-order valence-corrected chi connectivity index (χ3v) is 4.87. The van der Waals surface area contributed by atoms with E-state index in [9.17, 15) is 23.2 Å². The van der Waals surface area contributed by atoms with Gasteiger partial charge in [-0.25, -0.2) is 9.67 Å². The monoisotopic (exact) mass is 473 g/mol. The number of alkyl halides is 3. The highest BCUT2D eigenvalue weighted by molar-refractivity contribution is 6.33. The van der Waals surface area contributed by atoms with Crippen molar-refractivity contribution < 1.29 is 18.0 Å². The molecule has 0 aromatic carbocycles. The van der Waals surface area contributed by atoms with E-state index in [2.05, 4.69) is 30.6 Å². The molecular formula is C19H11ClF3N9O. The lowest BCUT2D eigenvalue weighted by Crippen LogP contribution is -2.21. The van der Waals surface area contributed by atoms with Gasteiger partial charge in [-0.05, 0) is 19.1 Å². The summed E-state index contributed by atoms with van der Waals surface area (Å²) in [6.45, 7) is 1.53. The number of rotatable bonds is 4.